The molecule has 19 heavy (non-hydrogen) atoms. The van der Waals surface area contributed by atoms with Gasteiger partial charge in [-0.05, 0) is 24.0 Å². The average Bonchev–Trinajstić information content (AvgIpc) is 2.34. The van der Waals surface area contributed by atoms with Gasteiger partial charge in [0.2, 0.25) is 5.91 Å². The largest absolute Gasteiger partial charge is 0.480 e. The van der Waals surface area contributed by atoms with Crippen LogP contribution in [0.1, 0.15) is 25.8 Å². The molecule has 0 saturated heterocycles. The van der Waals surface area contributed by atoms with Crippen molar-refractivity contribution in [1.82, 2.24) is 5.32 Å². The van der Waals surface area contributed by atoms with Crippen molar-refractivity contribution in [2.45, 2.75) is 32.7 Å². The molecule has 0 aliphatic heterocycles. The van der Waals surface area contributed by atoms with Crippen LogP contribution in [-0.4, -0.2) is 23.0 Å². The number of benzene rings is 1. The van der Waals surface area contributed by atoms with Gasteiger partial charge in [0.1, 0.15) is 6.04 Å². The molecule has 1 aromatic carbocycles. The van der Waals surface area contributed by atoms with Crippen LogP contribution in [0.15, 0.2) is 28.7 Å². The summed E-state index contributed by atoms with van der Waals surface area (Å²) in [5.41, 5.74) is 1.04. The van der Waals surface area contributed by atoms with E-state index in [0.29, 0.717) is 6.42 Å². The van der Waals surface area contributed by atoms with Gasteiger partial charge in [-0.25, -0.2) is 4.79 Å². The molecule has 0 radical (unpaired) electrons. The molecule has 0 heterocycles. The number of carbonyl (C=O) groups excluding carboxylic acids is 1. The van der Waals surface area contributed by atoms with E-state index in [9.17, 15) is 9.59 Å². The number of carboxylic acids is 1. The lowest BCUT2D eigenvalue weighted by Crippen LogP contribution is -2.44. The van der Waals surface area contributed by atoms with Crippen LogP contribution in [-0.2, 0) is 16.0 Å². The second-order valence-corrected chi connectivity index (χ2v) is 5.57. The lowest BCUT2D eigenvalue weighted by atomic mass is 10.0. The zero-order valence-electron chi connectivity index (χ0n) is 11.0. The standard InChI is InChI=1S/C14H18BrNO3/c1-9(2)13(14(18)19)16-12(17)8-7-10-5-3-4-6-11(10)15/h3-6,9,13H,7-8H2,1-2H3,(H,16,17)(H,18,19). The molecular formula is C14H18BrNO3. The molecule has 1 atom stereocenters. The van der Waals surface area contributed by atoms with Crippen molar-refractivity contribution in [1.29, 1.82) is 0 Å². The van der Waals surface area contributed by atoms with Crippen LogP contribution >= 0.6 is 15.9 Å². The van der Waals surface area contributed by atoms with Crippen molar-refractivity contribution >= 4 is 27.8 Å². The van der Waals surface area contributed by atoms with Crippen molar-refractivity contribution in [3.05, 3.63) is 34.3 Å². The second-order valence-electron chi connectivity index (χ2n) is 4.72. The lowest BCUT2D eigenvalue weighted by molar-refractivity contribution is -0.143. The maximum atomic E-state index is 11.8. The third-order valence-electron chi connectivity index (χ3n) is 2.83. The fraction of sp³-hybridized carbons (Fsp3) is 0.429. The summed E-state index contributed by atoms with van der Waals surface area (Å²) in [4.78, 5) is 22.7. The number of rotatable bonds is 6. The first-order valence-corrected chi connectivity index (χ1v) is 6.96. The number of hydrogen-bond acceptors (Lipinski definition) is 2. The SMILES string of the molecule is CC(C)C(NC(=O)CCc1ccccc1Br)C(=O)O. The van der Waals surface area contributed by atoms with Gasteiger partial charge in [0.15, 0.2) is 0 Å². The van der Waals surface area contributed by atoms with Gasteiger partial charge in [0.25, 0.3) is 0 Å². The first kappa shape index (κ1) is 15.7. The van der Waals surface area contributed by atoms with Crippen LogP contribution < -0.4 is 5.32 Å². The Morgan fingerprint density at radius 1 is 1.32 bits per heavy atom. The number of aryl methyl sites for hydroxylation is 1. The maximum absolute atomic E-state index is 11.8. The number of aliphatic carboxylic acids is 1. The Morgan fingerprint density at radius 3 is 2.47 bits per heavy atom. The molecular weight excluding hydrogens is 310 g/mol. The molecule has 0 aromatic heterocycles. The summed E-state index contributed by atoms with van der Waals surface area (Å²) in [7, 11) is 0. The van der Waals surface area contributed by atoms with Gasteiger partial charge in [0, 0.05) is 10.9 Å². The number of amides is 1. The molecule has 4 nitrogen and oxygen atoms in total. The van der Waals surface area contributed by atoms with Gasteiger partial charge in [-0.1, -0.05) is 48.0 Å². The minimum atomic E-state index is -0.996. The molecule has 104 valence electrons. The summed E-state index contributed by atoms with van der Waals surface area (Å²) in [5.74, 6) is -1.37. The predicted molar refractivity (Wildman–Crippen MR) is 76.9 cm³/mol. The number of carboxylic acid groups (broad SMARTS) is 1. The fourth-order valence-electron chi connectivity index (χ4n) is 1.71. The zero-order valence-corrected chi connectivity index (χ0v) is 12.6. The van der Waals surface area contributed by atoms with Crippen LogP contribution in [0.5, 0.6) is 0 Å². The van der Waals surface area contributed by atoms with E-state index >= 15 is 0 Å². The van der Waals surface area contributed by atoms with E-state index in [1.165, 1.54) is 0 Å². The molecule has 1 unspecified atom stereocenters. The van der Waals surface area contributed by atoms with Crippen LogP contribution in [0.2, 0.25) is 0 Å². The first-order valence-electron chi connectivity index (χ1n) is 6.17. The number of nitrogens with one attached hydrogen (secondary N) is 1. The molecule has 1 amide bonds. The molecule has 5 heteroatoms. The molecule has 0 spiro atoms. The number of halogens is 1. The maximum Gasteiger partial charge on any atom is 0.326 e. The third kappa shape index (κ3) is 5.03. The van der Waals surface area contributed by atoms with Crippen molar-refractivity contribution in [3.8, 4) is 0 Å². The van der Waals surface area contributed by atoms with Crippen molar-refractivity contribution in [3.63, 3.8) is 0 Å². The van der Waals surface area contributed by atoms with E-state index in [1.807, 2.05) is 24.3 Å². The fourth-order valence-corrected chi connectivity index (χ4v) is 2.19. The highest BCUT2D eigenvalue weighted by molar-refractivity contribution is 9.10. The Hall–Kier alpha value is -1.36. The van der Waals surface area contributed by atoms with Gasteiger partial charge in [-0.3, -0.25) is 4.79 Å². The minimum absolute atomic E-state index is 0.134. The monoisotopic (exact) mass is 327 g/mol. The van der Waals surface area contributed by atoms with Crippen molar-refractivity contribution in [2.24, 2.45) is 5.92 Å². The molecule has 1 aromatic rings. The minimum Gasteiger partial charge on any atom is -0.480 e. The summed E-state index contributed by atoms with van der Waals surface area (Å²) >= 11 is 3.42. The van der Waals surface area contributed by atoms with Crippen LogP contribution in [0.3, 0.4) is 0 Å². The Bertz CT molecular complexity index is 460. The van der Waals surface area contributed by atoms with Crippen molar-refractivity contribution < 1.29 is 14.7 Å². The van der Waals surface area contributed by atoms with Gasteiger partial charge in [-0.2, -0.15) is 0 Å². The number of hydrogen-bond donors (Lipinski definition) is 2. The molecule has 2 N–H and O–H groups in total. The molecule has 0 saturated carbocycles. The normalized spacial score (nSPS) is 12.2. The Balaban J connectivity index is 2.52. The summed E-state index contributed by atoms with van der Waals surface area (Å²) < 4.78 is 0.960. The van der Waals surface area contributed by atoms with E-state index in [0.717, 1.165) is 10.0 Å². The quantitative estimate of drug-likeness (QED) is 0.844. The van der Waals surface area contributed by atoms with Crippen LogP contribution in [0.25, 0.3) is 0 Å². The van der Waals surface area contributed by atoms with Gasteiger partial charge < -0.3 is 10.4 Å². The highest BCUT2D eigenvalue weighted by Crippen LogP contribution is 2.17. The highest BCUT2D eigenvalue weighted by Gasteiger charge is 2.23. The van der Waals surface area contributed by atoms with E-state index < -0.39 is 12.0 Å². The molecule has 0 fully saturated rings. The summed E-state index contributed by atoms with van der Waals surface area (Å²) in [6.45, 7) is 3.54. The smallest absolute Gasteiger partial charge is 0.326 e. The van der Waals surface area contributed by atoms with Crippen LogP contribution in [0.4, 0.5) is 0 Å². The second kappa shape index (κ2) is 7.28. The van der Waals surface area contributed by atoms with E-state index in [-0.39, 0.29) is 18.2 Å². The van der Waals surface area contributed by atoms with E-state index in [2.05, 4.69) is 21.2 Å². The zero-order chi connectivity index (χ0) is 14.4. The topological polar surface area (TPSA) is 66.4 Å². The first-order chi connectivity index (χ1) is 8.91. The van der Waals surface area contributed by atoms with E-state index in [4.69, 9.17) is 5.11 Å². The average molecular weight is 328 g/mol. The predicted octanol–water partition coefficient (Wildman–Crippen LogP) is 2.61. The molecule has 0 aliphatic rings. The summed E-state index contributed by atoms with van der Waals surface area (Å²) in [6, 6.07) is 6.85. The van der Waals surface area contributed by atoms with Crippen molar-refractivity contribution in [2.75, 3.05) is 0 Å². The molecule has 0 aliphatic carbocycles. The number of carbonyl (C=O) groups is 2. The van der Waals surface area contributed by atoms with Crippen LogP contribution in [0, 0.1) is 5.92 Å². The van der Waals surface area contributed by atoms with E-state index in [1.54, 1.807) is 13.8 Å². The summed E-state index contributed by atoms with van der Waals surface area (Å²) in [5, 5.41) is 11.6. The third-order valence-corrected chi connectivity index (χ3v) is 3.60. The Morgan fingerprint density at radius 2 is 1.95 bits per heavy atom. The van der Waals surface area contributed by atoms with Gasteiger partial charge >= 0.3 is 5.97 Å². The van der Waals surface area contributed by atoms with Gasteiger partial charge in [0.05, 0.1) is 0 Å². The molecule has 0 bridgehead atoms. The van der Waals surface area contributed by atoms with Gasteiger partial charge in [-0.15, -0.1) is 0 Å². The molecule has 1 rings (SSSR count). The Kier molecular flexibility index (Phi) is 6.02. The Labute approximate surface area is 121 Å². The summed E-state index contributed by atoms with van der Waals surface area (Å²) in [6.07, 6.45) is 0.858. The highest BCUT2D eigenvalue weighted by atomic mass is 79.9. The lowest BCUT2D eigenvalue weighted by Gasteiger charge is -2.17.